The zero-order valence-electron chi connectivity index (χ0n) is 19.1. The van der Waals surface area contributed by atoms with E-state index in [2.05, 4.69) is 15.3 Å². The number of benzene rings is 3. The number of carbonyl (C=O) groups is 1. The lowest BCUT2D eigenvalue weighted by Crippen LogP contribution is -2.32. The smallest absolute Gasteiger partial charge is 0.295 e. The van der Waals surface area contributed by atoms with Crippen LogP contribution in [0.15, 0.2) is 60.7 Å². The maximum absolute atomic E-state index is 11.8. The molecule has 7 nitrogen and oxygen atoms in total. The van der Waals surface area contributed by atoms with Crippen LogP contribution in [0.2, 0.25) is 5.02 Å². The number of carbonyl (C=O) groups excluding carboxylic acids is 1. The predicted octanol–water partition coefficient (Wildman–Crippen LogP) is 4.85. The van der Waals surface area contributed by atoms with Crippen LogP contribution in [0.25, 0.3) is 33.3 Å². The molecule has 2 fully saturated rings. The van der Waals surface area contributed by atoms with Crippen LogP contribution in [0.3, 0.4) is 0 Å². The minimum Gasteiger partial charge on any atom is -0.456 e. The summed E-state index contributed by atoms with van der Waals surface area (Å²) >= 11 is 6.64. The van der Waals surface area contributed by atoms with Crippen LogP contribution in [-0.2, 0) is 9.47 Å². The summed E-state index contributed by atoms with van der Waals surface area (Å²) in [7, 11) is 1.62. The highest BCUT2D eigenvalue weighted by atomic mass is 35.5. The first-order valence-corrected chi connectivity index (χ1v) is 12.0. The molecule has 0 radical (unpaired) electrons. The number of aromatic amines is 1. The molecular formula is C27H24ClN3O4. The van der Waals surface area contributed by atoms with E-state index < -0.39 is 0 Å². The number of amides is 1. The van der Waals surface area contributed by atoms with Gasteiger partial charge in [0.2, 0.25) is 0 Å². The van der Waals surface area contributed by atoms with E-state index in [-0.39, 0.29) is 24.2 Å². The normalized spacial score (nSPS) is 21.3. The summed E-state index contributed by atoms with van der Waals surface area (Å²) in [4.78, 5) is 19.6. The fourth-order valence-electron chi connectivity index (χ4n) is 4.76. The molecule has 0 bridgehead atoms. The highest BCUT2D eigenvalue weighted by Crippen LogP contribution is 2.34. The number of nitrogens with one attached hydrogen (secondary N) is 2. The van der Waals surface area contributed by atoms with Crippen molar-refractivity contribution in [1.29, 1.82) is 0 Å². The number of aromatic nitrogens is 2. The summed E-state index contributed by atoms with van der Waals surface area (Å²) < 4.78 is 17.6. The monoisotopic (exact) mass is 489 g/mol. The van der Waals surface area contributed by atoms with Crippen molar-refractivity contribution in [3.05, 3.63) is 71.2 Å². The van der Waals surface area contributed by atoms with E-state index >= 15 is 0 Å². The lowest BCUT2D eigenvalue weighted by Gasteiger charge is -2.15. The summed E-state index contributed by atoms with van der Waals surface area (Å²) in [5.41, 5.74) is 6.17. The molecule has 8 heteroatoms. The van der Waals surface area contributed by atoms with Crippen molar-refractivity contribution in [2.75, 3.05) is 20.3 Å². The van der Waals surface area contributed by atoms with Gasteiger partial charge in [-0.25, -0.2) is 0 Å². The third kappa shape index (κ3) is 4.16. The van der Waals surface area contributed by atoms with Crippen molar-refractivity contribution < 1.29 is 19.0 Å². The van der Waals surface area contributed by atoms with Gasteiger partial charge in [-0.15, -0.1) is 0 Å². The van der Waals surface area contributed by atoms with Crippen LogP contribution in [0, 0.1) is 0 Å². The van der Waals surface area contributed by atoms with Crippen molar-refractivity contribution >= 4 is 28.5 Å². The van der Waals surface area contributed by atoms with Crippen LogP contribution >= 0.6 is 11.6 Å². The minimum atomic E-state index is -0.170. The van der Waals surface area contributed by atoms with E-state index in [4.69, 9.17) is 25.8 Å². The largest absolute Gasteiger partial charge is 0.456 e. The number of rotatable bonds is 5. The summed E-state index contributed by atoms with van der Waals surface area (Å²) in [6.45, 7) is 1.20. The standard InChI is InChI=1S/C27H24ClN3O4/c1-29-26(32)18-8-4-16(5-9-18)15-2-6-17(7-3-15)19-12-21-22(13-20(19)28)31-27(30-21)35-24-14-34-23-10-11-33-25(23)24/h2-9,12-13,23-25H,10-11,14H2,1H3,(H,29,32)(H,30,31)/t23-,24?,25+/m1/s1. The highest BCUT2D eigenvalue weighted by Gasteiger charge is 2.43. The first-order valence-electron chi connectivity index (χ1n) is 11.6. The molecule has 35 heavy (non-hydrogen) atoms. The number of hydrogen-bond acceptors (Lipinski definition) is 5. The number of halogens is 1. The topological polar surface area (TPSA) is 85.5 Å². The Hall–Kier alpha value is -3.39. The van der Waals surface area contributed by atoms with Gasteiger partial charge in [-0.1, -0.05) is 48.0 Å². The van der Waals surface area contributed by atoms with Crippen LogP contribution in [0.4, 0.5) is 0 Å². The van der Waals surface area contributed by atoms with Gasteiger partial charge in [0.15, 0.2) is 6.10 Å². The average Bonchev–Trinajstić information content (AvgIpc) is 3.60. The number of ether oxygens (including phenoxy) is 3. The third-order valence-corrected chi connectivity index (χ3v) is 6.95. The van der Waals surface area contributed by atoms with E-state index in [1.165, 1.54) is 0 Å². The molecule has 2 aliphatic rings. The molecule has 1 unspecified atom stereocenters. The SMILES string of the molecule is CNC(=O)c1ccc(-c2ccc(-c3cc4nc(OC5CO[C@@H]6CCO[C@H]56)[nH]c4cc3Cl)cc2)cc1. The maximum atomic E-state index is 11.8. The molecule has 4 aromatic rings. The highest BCUT2D eigenvalue weighted by molar-refractivity contribution is 6.34. The molecule has 3 atom stereocenters. The number of imidazole rings is 1. The first kappa shape index (κ1) is 22.1. The Morgan fingerprint density at radius 1 is 1.06 bits per heavy atom. The molecule has 1 aromatic heterocycles. The van der Waals surface area contributed by atoms with E-state index in [1.807, 2.05) is 60.7 Å². The lowest BCUT2D eigenvalue weighted by molar-refractivity contribution is 0.0273. The molecule has 3 heterocycles. The predicted molar refractivity (Wildman–Crippen MR) is 134 cm³/mol. The number of H-pyrrole nitrogens is 1. The molecular weight excluding hydrogens is 466 g/mol. The van der Waals surface area contributed by atoms with Crippen molar-refractivity contribution in [3.8, 4) is 28.3 Å². The molecule has 1 amide bonds. The number of hydrogen-bond donors (Lipinski definition) is 2. The Balaban J connectivity index is 1.23. The minimum absolute atomic E-state index is 0.0409. The Labute approximate surface area is 207 Å². The van der Waals surface area contributed by atoms with Gasteiger partial charge in [0.1, 0.15) is 6.10 Å². The second-order valence-corrected chi connectivity index (χ2v) is 9.18. The molecule has 0 spiro atoms. The zero-order valence-corrected chi connectivity index (χ0v) is 19.8. The Morgan fingerprint density at radius 2 is 1.77 bits per heavy atom. The molecule has 2 aliphatic heterocycles. The fourth-order valence-corrected chi connectivity index (χ4v) is 5.03. The maximum Gasteiger partial charge on any atom is 0.295 e. The van der Waals surface area contributed by atoms with Crippen LogP contribution in [0.1, 0.15) is 16.8 Å². The number of fused-ring (bicyclic) bond motifs is 2. The summed E-state index contributed by atoms with van der Waals surface area (Å²) in [6, 6.07) is 20.0. The molecule has 3 aromatic carbocycles. The zero-order chi connectivity index (χ0) is 23.9. The third-order valence-electron chi connectivity index (χ3n) is 6.64. The van der Waals surface area contributed by atoms with Gasteiger partial charge in [0, 0.05) is 24.8 Å². The second kappa shape index (κ2) is 9.00. The summed E-state index contributed by atoms with van der Waals surface area (Å²) in [5, 5.41) is 3.26. The Kier molecular flexibility index (Phi) is 5.68. The lowest BCUT2D eigenvalue weighted by atomic mass is 9.99. The Morgan fingerprint density at radius 3 is 2.51 bits per heavy atom. The average molecular weight is 490 g/mol. The van der Waals surface area contributed by atoms with Crippen molar-refractivity contribution in [1.82, 2.24) is 15.3 Å². The molecule has 2 N–H and O–H groups in total. The van der Waals surface area contributed by atoms with Gasteiger partial charge in [0.05, 0.1) is 28.8 Å². The van der Waals surface area contributed by atoms with E-state index in [0.717, 1.165) is 39.7 Å². The molecule has 6 rings (SSSR count). The summed E-state index contributed by atoms with van der Waals surface area (Å²) in [6.07, 6.45) is 0.808. The fraction of sp³-hybridized carbons (Fsp3) is 0.259. The van der Waals surface area contributed by atoms with Gasteiger partial charge in [-0.3, -0.25) is 4.79 Å². The van der Waals surface area contributed by atoms with Gasteiger partial charge >= 0.3 is 0 Å². The summed E-state index contributed by atoms with van der Waals surface area (Å²) in [5.74, 6) is -0.100. The molecule has 0 aliphatic carbocycles. The molecule has 178 valence electrons. The van der Waals surface area contributed by atoms with Gasteiger partial charge in [-0.2, -0.15) is 4.98 Å². The number of nitrogens with zero attached hydrogens (tertiary/aromatic N) is 1. The van der Waals surface area contributed by atoms with Crippen molar-refractivity contribution in [2.45, 2.75) is 24.7 Å². The van der Waals surface area contributed by atoms with Crippen LogP contribution in [-0.4, -0.2) is 54.4 Å². The van der Waals surface area contributed by atoms with E-state index in [0.29, 0.717) is 29.8 Å². The quantitative estimate of drug-likeness (QED) is 0.419. The van der Waals surface area contributed by atoms with Crippen LogP contribution < -0.4 is 10.1 Å². The molecule has 2 saturated heterocycles. The van der Waals surface area contributed by atoms with Gasteiger partial charge in [-0.05, 0) is 47.4 Å². The van der Waals surface area contributed by atoms with Crippen molar-refractivity contribution in [2.24, 2.45) is 0 Å². The first-order chi connectivity index (χ1) is 17.1. The molecule has 0 saturated carbocycles. The van der Waals surface area contributed by atoms with Gasteiger partial charge < -0.3 is 24.5 Å². The second-order valence-electron chi connectivity index (χ2n) is 8.78. The van der Waals surface area contributed by atoms with Gasteiger partial charge in [0.25, 0.3) is 11.9 Å². The van der Waals surface area contributed by atoms with Crippen LogP contribution in [0.5, 0.6) is 6.01 Å². The van der Waals surface area contributed by atoms with Crippen molar-refractivity contribution in [3.63, 3.8) is 0 Å². The van der Waals surface area contributed by atoms with E-state index in [9.17, 15) is 4.79 Å². The Bertz CT molecular complexity index is 1380. The van der Waals surface area contributed by atoms with E-state index in [1.54, 1.807) is 7.05 Å².